The lowest BCUT2D eigenvalue weighted by Crippen LogP contribution is -2.34. The minimum Gasteiger partial charge on any atom is -0.464 e. The van der Waals surface area contributed by atoms with Crippen LogP contribution in [0.3, 0.4) is 0 Å². The molecule has 0 aliphatic carbocycles. The molecule has 0 saturated carbocycles. The number of methoxy groups -OCH3 is 1. The van der Waals surface area contributed by atoms with Gasteiger partial charge in [-0.2, -0.15) is 0 Å². The number of esters is 1. The Balaban J connectivity index is 2.80. The molecule has 1 rings (SSSR count). The molecule has 2 N–H and O–H groups in total. The molecule has 0 fully saturated rings. The fraction of sp³-hybridized carbons (Fsp3) is 0.556. The molecular formula is C9H15N3O6S3. The lowest BCUT2D eigenvalue weighted by Gasteiger charge is -2.07. The zero-order chi connectivity index (χ0) is 16.1. The summed E-state index contributed by atoms with van der Waals surface area (Å²) in [5.74, 6) is -1.29. The molecule has 0 aromatic carbocycles. The average molecular weight is 357 g/mol. The van der Waals surface area contributed by atoms with E-state index in [9.17, 15) is 21.6 Å². The first kappa shape index (κ1) is 18.0. The van der Waals surface area contributed by atoms with E-state index in [1.54, 1.807) is 6.92 Å². The lowest BCUT2D eigenvalue weighted by molar-refractivity contribution is 0.0590. The Hall–Kier alpha value is -1.08. The monoisotopic (exact) mass is 357 g/mol. The van der Waals surface area contributed by atoms with Gasteiger partial charge in [-0.15, -0.1) is 11.3 Å². The second kappa shape index (κ2) is 7.26. The van der Waals surface area contributed by atoms with Crippen LogP contribution in [0.4, 0.5) is 0 Å². The van der Waals surface area contributed by atoms with Gasteiger partial charge in [-0.3, -0.25) is 0 Å². The van der Waals surface area contributed by atoms with Crippen LogP contribution in [0.15, 0.2) is 9.72 Å². The van der Waals surface area contributed by atoms with Gasteiger partial charge in [0.15, 0.2) is 9.90 Å². The number of carbonyl (C=O) groups excluding carboxylic acids is 1. The van der Waals surface area contributed by atoms with Gasteiger partial charge in [0.25, 0.3) is 10.0 Å². The Morgan fingerprint density at radius 1 is 1.33 bits per heavy atom. The number of aromatic nitrogens is 1. The van der Waals surface area contributed by atoms with Gasteiger partial charge in [-0.25, -0.2) is 36.1 Å². The highest BCUT2D eigenvalue weighted by Gasteiger charge is 2.26. The summed E-state index contributed by atoms with van der Waals surface area (Å²) in [6, 6.07) is 0. The molecule has 21 heavy (non-hydrogen) atoms. The molecule has 1 aromatic heterocycles. The van der Waals surface area contributed by atoms with Crippen molar-refractivity contribution < 1.29 is 26.4 Å². The van der Waals surface area contributed by atoms with Gasteiger partial charge in [0.2, 0.25) is 10.0 Å². The maximum Gasteiger partial charge on any atom is 0.358 e. The summed E-state index contributed by atoms with van der Waals surface area (Å²) in [4.78, 5) is 15.0. The fourth-order valence-electron chi connectivity index (χ4n) is 1.33. The molecule has 0 saturated heterocycles. The summed E-state index contributed by atoms with van der Waals surface area (Å²) in [7, 11) is -6.46. The highest BCUT2D eigenvalue weighted by atomic mass is 32.2. The largest absolute Gasteiger partial charge is 0.464 e. The minimum atomic E-state index is -4.03. The van der Waals surface area contributed by atoms with Crippen molar-refractivity contribution in [3.05, 3.63) is 11.2 Å². The van der Waals surface area contributed by atoms with Crippen LogP contribution in [0.5, 0.6) is 0 Å². The number of hydrogen-bond acceptors (Lipinski definition) is 8. The number of carbonyl (C=O) groups is 1. The van der Waals surface area contributed by atoms with Crippen LogP contribution in [0.25, 0.3) is 0 Å². The van der Waals surface area contributed by atoms with Crippen LogP contribution in [-0.4, -0.2) is 53.7 Å². The topological polar surface area (TPSA) is 132 Å². The molecule has 0 bridgehead atoms. The predicted molar refractivity (Wildman–Crippen MR) is 76.1 cm³/mol. The van der Waals surface area contributed by atoms with Gasteiger partial charge in [0, 0.05) is 13.1 Å². The number of ether oxygens (including phenoxy) is 1. The Morgan fingerprint density at radius 2 is 2.00 bits per heavy atom. The molecule has 1 heterocycles. The second-order valence-corrected chi connectivity index (χ2v) is 8.44. The normalized spacial score (nSPS) is 12.3. The number of nitrogens with one attached hydrogen (secondary N) is 2. The van der Waals surface area contributed by atoms with Gasteiger partial charge in [-0.05, 0) is 0 Å². The fourth-order valence-corrected chi connectivity index (χ4v) is 4.62. The third-order valence-corrected chi connectivity index (χ3v) is 6.49. The van der Waals surface area contributed by atoms with Gasteiger partial charge >= 0.3 is 5.97 Å². The van der Waals surface area contributed by atoms with E-state index in [0.29, 0.717) is 0 Å². The second-order valence-electron chi connectivity index (χ2n) is 3.69. The van der Waals surface area contributed by atoms with Gasteiger partial charge < -0.3 is 4.74 Å². The Morgan fingerprint density at radius 3 is 2.57 bits per heavy atom. The van der Waals surface area contributed by atoms with Gasteiger partial charge in [0.1, 0.15) is 0 Å². The van der Waals surface area contributed by atoms with Crippen molar-refractivity contribution >= 4 is 37.4 Å². The first-order chi connectivity index (χ1) is 9.73. The standard InChI is InChI=1S/C9H15N3O6S3/c1-3-11-20(14,15)5-4-12-21(16,17)9-7(8(13)18-2)10-6-19-9/h6,11-12H,3-5H2,1-2H3. The van der Waals surface area contributed by atoms with Crippen molar-refractivity contribution in [3.63, 3.8) is 0 Å². The molecule has 1 aromatic rings. The Bertz CT molecular complexity index is 694. The SMILES string of the molecule is CCNS(=O)(=O)CCNS(=O)(=O)c1scnc1C(=O)OC. The average Bonchev–Trinajstić information content (AvgIpc) is 2.87. The van der Waals surface area contributed by atoms with Crippen molar-refractivity contribution in [3.8, 4) is 0 Å². The molecular weight excluding hydrogens is 342 g/mol. The molecule has 0 aliphatic rings. The summed E-state index contributed by atoms with van der Waals surface area (Å²) in [6.45, 7) is 1.51. The van der Waals surface area contributed by atoms with Crippen molar-refractivity contribution in [2.75, 3.05) is 26.0 Å². The first-order valence-electron chi connectivity index (χ1n) is 5.72. The maximum absolute atomic E-state index is 12.0. The van der Waals surface area contributed by atoms with E-state index in [1.807, 2.05) is 0 Å². The van der Waals surface area contributed by atoms with E-state index in [4.69, 9.17) is 0 Å². The Labute approximate surface area is 126 Å². The number of rotatable bonds is 8. The molecule has 0 unspecified atom stereocenters. The highest BCUT2D eigenvalue weighted by Crippen LogP contribution is 2.20. The molecule has 120 valence electrons. The van der Waals surface area contributed by atoms with E-state index < -0.39 is 31.8 Å². The van der Waals surface area contributed by atoms with Crippen LogP contribution >= 0.6 is 11.3 Å². The smallest absolute Gasteiger partial charge is 0.358 e. The Kier molecular flexibility index (Phi) is 6.22. The molecule has 12 heteroatoms. The summed E-state index contributed by atoms with van der Waals surface area (Å²) < 4.78 is 55.3. The summed E-state index contributed by atoms with van der Waals surface area (Å²) in [5.41, 5.74) is 0.862. The third-order valence-electron chi connectivity index (χ3n) is 2.18. The number of sulfonamides is 2. The molecule has 0 aliphatic heterocycles. The van der Waals surface area contributed by atoms with E-state index in [0.717, 1.165) is 18.4 Å². The van der Waals surface area contributed by atoms with E-state index >= 15 is 0 Å². The van der Waals surface area contributed by atoms with Crippen LogP contribution in [0.2, 0.25) is 0 Å². The van der Waals surface area contributed by atoms with Crippen LogP contribution in [-0.2, 0) is 24.8 Å². The van der Waals surface area contributed by atoms with Crippen molar-refractivity contribution in [2.24, 2.45) is 0 Å². The molecule has 0 spiro atoms. The van der Waals surface area contributed by atoms with E-state index in [-0.39, 0.29) is 23.0 Å². The third kappa shape index (κ3) is 5.00. The summed E-state index contributed by atoms with van der Waals surface area (Å²) in [6.07, 6.45) is 0. The quantitative estimate of drug-likeness (QED) is 0.579. The molecule has 0 atom stereocenters. The van der Waals surface area contributed by atoms with Crippen LogP contribution in [0.1, 0.15) is 17.4 Å². The van der Waals surface area contributed by atoms with Crippen LogP contribution < -0.4 is 9.44 Å². The van der Waals surface area contributed by atoms with E-state index in [2.05, 4.69) is 19.2 Å². The molecule has 0 radical (unpaired) electrons. The number of hydrogen-bond donors (Lipinski definition) is 2. The van der Waals surface area contributed by atoms with Crippen molar-refractivity contribution in [2.45, 2.75) is 11.1 Å². The summed E-state index contributed by atoms with van der Waals surface area (Å²) >= 11 is 0.741. The molecule has 9 nitrogen and oxygen atoms in total. The molecule has 0 amide bonds. The van der Waals surface area contributed by atoms with Gasteiger partial charge in [-0.1, -0.05) is 6.92 Å². The minimum absolute atomic E-state index is 0.219. The van der Waals surface area contributed by atoms with Crippen LogP contribution in [0, 0.1) is 0 Å². The number of nitrogens with zero attached hydrogens (tertiary/aromatic N) is 1. The van der Waals surface area contributed by atoms with Crippen molar-refractivity contribution in [1.82, 2.24) is 14.4 Å². The maximum atomic E-state index is 12.0. The van der Waals surface area contributed by atoms with Crippen molar-refractivity contribution in [1.29, 1.82) is 0 Å². The first-order valence-corrected chi connectivity index (χ1v) is 9.74. The summed E-state index contributed by atoms with van der Waals surface area (Å²) in [5, 5.41) is 0. The zero-order valence-corrected chi connectivity index (χ0v) is 13.8. The zero-order valence-electron chi connectivity index (χ0n) is 11.3. The van der Waals surface area contributed by atoms with E-state index in [1.165, 1.54) is 5.51 Å². The highest BCUT2D eigenvalue weighted by molar-refractivity contribution is 7.92. The van der Waals surface area contributed by atoms with Gasteiger partial charge in [0.05, 0.1) is 18.4 Å². The predicted octanol–water partition coefficient (Wildman–Crippen LogP) is -0.853. The lowest BCUT2D eigenvalue weighted by atomic mass is 10.5. The number of thiazole rings is 1.